The van der Waals surface area contributed by atoms with Gasteiger partial charge >= 0.3 is 0 Å². The Morgan fingerprint density at radius 2 is 1.97 bits per heavy atom. The van der Waals surface area contributed by atoms with Gasteiger partial charge in [-0.25, -0.2) is 4.39 Å². The van der Waals surface area contributed by atoms with Gasteiger partial charge in [-0.15, -0.1) is 0 Å². The number of hydrogen-bond donors (Lipinski definition) is 2. The molecule has 1 fully saturated rings. The lowest BCUT2D eigenvalue weighted by atomic mass is 10.1. The molecule has 4 rings (SSSR count). The Balaban J connectivity index is 1.51. The largest absolute Gasteiger partial charge is 0.368 e. The second-order valence-electron chi connectivity index (χ2n) is 7.85. The number of hydrogen-bond acceptors (Lipinski definition) is 3. The summed E-state index contributed by atoms with van der Waals surface area (Å²) >= 11 is 0. The highest BCUT2D eigenvalue weighted by atomic mass is 19.1. The molecule has 7 heteroatoms. The van der Waals surface area contributed by atoms with Crippen LogP contribution in [0.5, 0.6) is 0 Å². The molecule has 6 nitrogen and oxygen atoms in total. The van der Waals surface area contributed by atoms with E-state index in [1.165, 1.54) is 6.07 Å². The van der Waals surface area contributed by atoms with E-state index in [1.54, 1.807) is 19.1 Å². The van der Waals surface area contributed by atoms with Crippen LogP contribution < -0.4 is 10.2 Å². The third-order valence-corrected chi connectivity index (χ3v) is 5.69. The fourth-order valence-electron chi connectivity index (χ4n) is 4.09. The van der Waals surface area contributed by atoms with Crippen molar-refractivity contribution in [2.24, 2.45) is 0 Å². The molecule has 156 valence electrons. The number of carbonyl (C=O) groups excluding carboxylic acids is 2. The Morgan fingerprint density at radius 3 is 2.67 bits per heavy atom. The van der Waals surface area contributed by atoms with E-state index in [9.17, 15) is 14.0 Å². The van der Waals surface area contributed by atoms with E-state index in [2.05, 4.69) is 15.2 Å². The van der Waals surface area contributed by atoms with Crippen LogP contribution in [0.25, 0.3) is 10.9 Å². The maximum absolute atomic E-state index is 14.1. The quantitative estimate of drug-likeness (QED) is 0.690. The molecule has 0 radical (unpaired) electrons. The van der Waals surface area contributed by atoms with E-state index in [0.29, 0.717) is 28.8 Å². The van der Waals surface area contributed by atoms with Crippen LogP contribution in [0.2, 0.25) is 0 Å². The van der Waals surface area contributed by atoms with Gasteiger partial charge in [-0.2, -0.15) is 0 Å². The molecule has 2 N–H and O–H groups in total. The van der Waals surface area contributed by atoms with Crippen LogP contribution >= 0.6 is 0 Å². The number of aryl methyl sites for hydroxylation is 1. The molecule has 1 aliphatic rings. The molecule has 1 unspecified atom stereocenters. The van der Waals surface area contributed by atoms with E-state index in [-0.39, 0.29) is 23.7 Å². The first kappa shape index (κ1) is 19.9. The van der Waals surface area contributed by atoms with E-state index in [4.69, 9.17) is 0 Å². The van der Waals surface area contributed by atoms with Crippen LogP contribution in [0.15, 0.2) is 42.5 Å². The summed E-state index contributed by atoms with van der Waals surface area (Å²) in [5.41, 5.74) is 3.47. The molecule has 0 bridgehead atoms. The van der Waals surface area contributed by atoms with Crippen molar-refractivity contribution in [3.63, 3.8) is 0 Å². The third kappa shape index (κ3) is 3.75. The van der Waals surface area contributed by atoms with E-state index < -0.39 is 0 Å². The van der Waals surface area contributed by atoms with Crippen molar-refractivity contribution in [1.82, 2.24) is 9.88 Å². The number of halogens is 1. The Labute approximate surface area is 174 Å². The van der Waals surface area contributed by atoms with Crippen molar-refractivity contribution in [2.75, 3.05) is 29.9 Å². The number of anilines is 2. The van der Waals surface area contributed by atoms with Crippen LogP contribution in [-0.2, 0) is 4.79 Å². The molecular weight excluding hydrogens is 383 g/mol. The normalized spacial score (nSPS) is 16.7. The minimum Gasteiger partial charge on any atom is -0.368 e. The van der Waals surface area contributed by atoms with Gasteiger partial charge in [0.15, 0.2) is 0 Å². The average molecular weight is 408 g/mol. The number of carbonyl (C=O) groups is 2. The predicted molar refractivity (Wildman–Crippen MR) is 116 cm³/mol. The first-order chi connectivity index (χ1) is 14.3. The van der Waals surface area contributed by atoms with Crippen molar-refractivity contribution >= 4 is 34.1 Å². The van der Waals surface area contributed by atoms with Crippen LogP contribution in [0.3, 0.4) is 0 Å². The lowest BCUT2D eigenvalue weighted by molar-refractivity contribution is -0.131. The molecule has 2 aromatic carbocycles. The zero-order valence-corrected chi connectivity index (χ0v) is 17.3. The third-order valence-electron chi connectivity index (χ3n) is 5.69. The fourth-order valence-corrected chi connectivity index (χ4v) is 4.09. The summed E-state index contributed by atoms with van der Waals surface area (Å²) in [6.45, 7) is 7.65. The van der Waals surface area contributed by atoms with Crippen molar-refractivity contribution in [3.05, 3.63) is 59.5 Å². The van der Waals surface area contributed by atoms with Gasteiger partial charge in [-0.3, -0.25) is 9.59 Å². The van der Waals surface area contributed by atoms with Gasteiger partial charge in [-0.05, 0) is 49.7 Å². The maximum atomic E-state index is 14.1. The van der Waals surface area contributed by atoms with Gasteiger partial charge in [0.2, 0.25) is 5.91 Å². The predicted octanol–water partition coefficient (Wildman–Crippen LogP) is 3.92. The van der Waals surface area contributed by atoms with Crippen molar-refractivity contribution < 1.29 is 14.0 Å². The molecule has 1 atom stereocenters. The number of piperazine rings is 1. The highest BCUT2D eigenvalue weighted by Gasteiger charge is 2.25. The topological polar surface area (TPSA) is 68.4 Å². The zero-order chi connectivity index (χ0) is 21.4. The van der Waals surface area contributed by atoms with Gasteiger partial charge < -0.3 is 20.1 Å². The van der Waals surface area contributed by atoms with Gasteiger partial charge in [0.05, 0.1) is 5.52 Å². The lowest BCUT2D eigenvalue weighted by Gasteiger charge is -2.40. The van der Waals surface area contributed by atoms with E-state index in [0.717, 1.165) is 24.3 Å². The Morgan fingerprint density at radius 1 is 1.17 bits per heavy atom. The number of benzene rings is 2. The van der Waals surface area contributed by atoms with Crippen molar-refractivity contribution in [2.45, 2.75) is 26.8 Å². The van der Waals surface area contributed by atoms with Gasteiger partial charge in [0.1, 0.15) is 11.5 Å². The fraction of sp³-hybridized carbons (Fsp3) is 0.304. The Bertz CT molecular complexity index is 1080. The van der Waals surface area contributed by atoms with Crippen LogP contribution in [-0.4, -0.2) is 47.4 Å². The maximum Gasteiger partial charge on any atom is 0.272 e. The summed E-state index contributed by atoms with van der Waals surface area (Å²) < 4.78 is 14.1. The highest BCUT2D eigenvalue weighted by Crippen LogP contribution is 2.25. The number of H-pyrrole nitrogens is 1. The molecule has 1 aliphatic heterocycles. The summed E-state index contributed by atoms with van der Waals surface area (Å²) in [6, 6.07) is 12.4. The molecule has 0 spiro atoms. The molecule has 0 saturated carbocycles. The number of nitrogens with one attached hydrogen (secondary N) is 2. The number of rotatable bonds is 3. The summed E-state index contributed by atoms with van der Waals surface area (Å²) in [5.74, 6) is -0.586. The first-order valence-corrected chi connectivity index (χ1v) is 10.0. The second-order valence-corrected chi connectivity index (χ2v) is 7.85. The molecule has 0 aliphatic carbocycles. The summed E-state index contributed by atoms with van der Waals surface area (Å²) in [5, 5.41) is 3.30. The molecule has 30 heavy (non-hydrogen) atoms. The molecule has 1 aromatic heterocycles. The van der Waals surface area contributed by atoms with E-state index >= 15 is 0 Å². The smallest absolute Gasteiger partial charge is 0.272 e. The minimum atomic E-state index is -0.355. The van der Waals surface area contributed by atoms with Crippen LogP contribution in [0.1, 0.15) is 29.9 Å². The van der Waals surface area contributed by atoms with Crippen molar-refractivity contribution in [1.29, 1.82) is 0 Å². The van der Waals surface area contributed by atoms with Crippen LogP contribution in [0, 0.1) is 12.7 Å². The molecule has 2 heterocycles. The molecule has 3 aromatic rings. The summed E-state index contributed by atoms with van der Waals surface area (Å²) in [4.78, 5) is 31.6. The first-order valence-electron chi connectivity index (χ1n) is 10.0. The number of aromatic amines is 1. The van der Waals surface area contributed by atoms with Crippen LogP contribution in [0.4, 0.5) is 15.8 Å². The van der Waals surface area contributed by atoms with Gasteiger partial charge in [0, 0.05) is 49.4 Å². The number of nitrogens with zero attached hydrogens (tertiary/aromatic N) is 2. The van der Waals surface area contributed by atoms with Crippen molar-refractivity contribution in [3.8, 4) is 0 Å². The van der Waals surface area contributed by atoms with Gasteiger partial charge in [-0.1, -0.05) is 12.1 Å². The van der Waals surface area contributed by atoms with Gasteiger partial charge in [0.25, 0.3) is 5.91 Å². The Kier molecular flexibility index (Phi) is 5.20. The lowest BCUT2D eigenvalue weighted by Crippen LogP contribution is -2.53. The molecule has 1 saturated heterocycles. The second kappa shape index (κ2) is 7.82. The SMILES string of the molecule is CC(=O)N1CCN(c2cccc(NC(=O)c3cc4c(F)ccc(C)c4[nH]3)c2)CC1C. The minimum absolute atomic E-state index is 0.0909. The number of amides is 2. The average Bonchev–Trinajstić information content (AvgIpc) is 3.18. The standard InChI is InChI=1S/C23H25FN4O2/c1-14-7-8-20(24)19-12-21(26-22(14)19)23(30)25-17-5-4-6-18(11-17)27-9-10-28(16(3)29)15(2)13-27/h4-8,11-12,15,26H,9-10,13H2,1-3H3,(H,25,30). The summed E-state index contributed by atoms with van der Waals surface area (Å²) in [7, 11) is 0. The monoisotopic (exact) mass is 408 g/mol. The molecular formula is C23H25FN4O2. The molecule has 2 amide bonds. The highest BCUT2D eigenvalue weighted by molar-refractivity contribution is 6.06. The Hall–Kier alpha value is -3.35. The summed E-state index contributed by atoms with van der Waals surface area (Å²) in [6.07, 6.45) is 0. The zero-order valence-electron chi connectivity index (χ0n) is 17.3. The number of fused-ring (bicyclic) bond motifs is 1. The van der Waals surface area contributed by atoms with E-state index in [1.807, 2.05) is 43.0 Å². The number of aromatic nitrogens is 1.